The summed E-state index contributed by atoms with van der Waals surface area (Å²) in [5.41, 5.74) is 0.830. The van der Waals surface area contributed by atoms with Gasteiger partial charge in [-0.05, 0) is 50.9 Å². The van der Waals surface area contributed by atoms with E-state index in [1.807, 2.05) is 35.2 Å². The Morgan fingerprint density at radius 2 is 1.89 bits per heavy atom. The van der Waals surface area contributed by atoms with Crippen LogP contribution in [0.15, 0.2) is 30.3 Å². The SMILES string of the molecule is Cn1c(CN2CCCC2)nnc1[C@H]1CCCN(C(=O)Nc2ccccc2)C1. The van der Waals surface area contributed by atoms with Crippen molar-refractivity contribution in [3.63, 3.8) is 0 Å². The van der Waals surface area contributed by atoms with Crippen LogP contribution >= 0.6 is 0 Å². The summed E-state index contributed by atoms with van der Waals surface area (Å²) in [5.74, 6) is 2.27. The fourth-order valence-electron chi connectivity index (χ4n) is 4.11. The van der Waals surface area contributed by atoms with Crippen molar-refractivity contribution in [1.29, 1.82) is 0 Å². The predicted molar refractivity (Wildman–Crippen MR) is 105 cm³/mol. The van der Waals surface area contributed by atoms with E-state index in [0.29, 0.717) is 6.54 Å². The number of rotatable bonds is 4. The van der Waals surface area contributed by atoms with Gasteiger partial charge in [-0.1, -0.05) is 18.2 Å². The summed E-state index contributed by atoms with van der Waals surface area (Å²) in [6.07, 6.45) is 4.59. The second-order valence-electron chi connectivity index (χ2n) is 7.60. The lowest BCUT2D eigenvalue weighted by Crippen LogP contribution is -2.42. The molecule has 2 aliphatic rings. The number of amides is 2. The Morgan fingerprint density at radius 3 is 2.67 bits per heavy atom. The van der Waals surface area contributed by atoms with Crippen LogP contribution in [0.4, 0.5) is 10.5 Å². The van der Waals surface area contributed by atoms with Gasteiger partial charge in [-0.2, -0.15) is 0 Å². The molecule has 2 aliphatic heterocycles. The number of urea groups is 1. The van der Waals surface area contributed by atoms with Gasteiger partial charge >= 0.3 is 6.03 Å². The van der Waals surface area contributed by atoms with Crippen molar-refractivity contribution >= 4 is 11.7 Å². The Kier molecular flexibility index (Phi) is 5.38. The molecule has 2 aromatic rings. The van der Waals surface area contributed by atoms with E-state index >= 15 is 0 Å². The summed E-state index contributed by atoms with van der Waals surface area (Å²) in [4.78, 5) is 17.0. The number of nitrogens with one attached hydrogen (secondary N) is 1. The topological polar surface area (TPSA) is 66.3 Å². The van der Waals surface area contributed by atoms with E-state index in [0.717, 1.165) is 56.4 Å². The molecular formula is C20H28N6O. The van der Waals surface area contributed by atoms with E-state index in [4.69, 9.17) is 0 Å². The number of piperidine rings is 1. The molecule has 144 valence electrons. The van der Waals surface area contributed by atoms with Gasteiger partial charge in [0.15, 0.2) is 0 Å². The Labute approximate surface area is 160 Å². The number of likely N-dealkylation sites (tertiary alicyclic amines) is 2. The number of aromatic nitrogens is 3. The first-order chi connectivity index (χ1) is 13.2. The minimum absolute atomic E-state index is 0.0367. The molecule has 1 aromatic heterocycles. The van der Waals surface area contributed by atoms with Crippen LogP contribution in [0.2, 0.25) is 0 Å². The molecule has 4 rings (SSSR count). The molecule has 7 nitrogen and oxygen atoms in total. The van der Waals surface area contributed by atoms with Gasteiger partial charge in [-0.3, -0.25) is 4.90 Å². The predicted octanol–water partition coefficient (Wildman–Crippen LogP) is 2.82. The number of hydrogen-bond donors (Lipinski definition) is 1. The van der Waals surface area contributed by atoms with Crippen molar-refractivity contribution in [2.75, 3.05) is 31.5 Å². The van der Waals surface area contributed by atoms with E-state index in [-0.39, 0.29) is 11.9 Å². The Balaban J connectivity index is 1.40. The van der Waals surface area contributed by atoms with Crippen LogP contribution in [-0.4, -0.2) is 56.8 Å². The molecule has 2 fully saturated rings. The van der Waals surface area contributed by atoms with Crippen LogP contribution in [0.1, 0.15) is 43.3 Å². The van der Waals surface area contributed by atoms with Crippen LogP contribution in [0.25, 0.3) is 0 Å². The average Bonchev–Trinajstić information content (AvgIpc) is 3.33. The highest BCUT2D eigenvalue weighted by Gasteiger charge is 2.29. The van der Waals surface area contributed by atoms with E-state index in [2.05, 4.69) is 32.0 Å². The number of para-hydroxylation sites is 1. The molecule has 0 saturated carbocycles. The lowest BCUT2D eigenvalue weighted by Gasteiger charge is -2.32. The normalized spacial score (nSPS) is 20.8. The highest BCUT2D eigenvalue weighted by molar-refractivity contribution is 5.89. The number of anilines is 1. The largest absolute Gasteiger partial charge is 0.324 e. The second kappa shape index (κ2) is 8.08. The average molecular weight is 368 g/mol. The lowest BCUT2D eigenvalue weighted by atomic mass is 9.97. The third-order valence-corrected chi connectivity index (χ3v) is 5.66. The molecule has 0 bridgehead atoms. The Morgan fingerprint density at radius 1 is 1.11 bits per heavy atom. The molecule has 1 N–H and O–H groups in total. The summed E-state index contributed by atoms with van der Waals surface area (Å²) < 4.78 is 2.14. The first-order valence-electron chi connectivity index (χ1n) is 9.92. The third-order valence-electron chi connectivity index (χ3n) is 5.66. The first kappa shape index (κ1) is 18.0. The molecule has 0 spiro atoms. The minimum Gasteiger partial charge on any atom is -0.324 e. The van der Waals surface area contributed by atoms with Gasteiger partial charge in [-0.15, -0.1) is 10.2 Å². The zero-order chi connectivity index (χ0) is 18.6. The van der Waals surface area contributed by atoms with Crippen LogP contribution in [0.5, 0.6) is 0 Å². The minimum atomic E-state index is -0.0367. The summed E-state index contributed by atoms with van der Waals surface area (Å²) in [6, 6.07) is 9.58. The first-order valence-corrected chi connectivity index (χ1v) is 9.92. The molecule has 2 amide bonds. The number of nitrogens with zero attached hydrogens (tertiary/aromatic N) is 5. The van der Waals surface area contributed by atoms with E-state index in [9.17, 15) is 4.79 Å². The summed E-state index contributed by atoms with van der Waals surface area (Å²) in [6.45, 7) is 4.65. The molecule has 27 heavy (non-hydrogen) atoms. The molecule has 3 heterocycles. The van der Waals surface area contributed by atoms with Crippen molar-refractivity contribution in [3.05, 3.63) is 42.0 Å². The van der Waals surface area contributed by atoms with Crippen LogP contribution < -0.4 is 5.32 Å². The van der Waals surface area contributed by atoms with Crippen molar-refractivity contribution in [1.82, 2.24) is 24.6 Å². The molecule has 0 unspecified atom stereocenters. The van der Waals surface area contributed by atoms with Crippen LogP contribution in [0, 0.1) is 0 Å². The maximum Gasteiger partial charge on any atom is 0.321 e. The quantitative estimate of drug-likeness (QED) is 0.901. The Hall–Kier alpha value is -2.41. The maximum absolute atomic E-state index is 12.6. The molecule has 0 radical (unpaired) electrons. The van der Waals surface area contributed by atoms with Gasteiger partial charge in [0.2, 0.25) is 0 Å². The fraction of sp³-hybridized carbons (Fsp3) is 0.550. The Bertz CT molecular complexity index is 768. The van der Waals surface area contributed by atoms with Gasteiger partial charge in [0.1, 0.15) is 11.6 Å². The van der Waals surface area contributed by atoms with Crippen molar-refractivity contribution in [2.24, 2.45) is 7.05 Å². The monoisotopic (exact) mass is 368 g/mol. The lowest BCUT2D eigenvalue weighted by molar-refractivity contribution is 0.190. The molecular weight excluding hydrogens is 340 g/mol. The number of carbonyl (C=O) groups excluding carboxylic acids is 1. The molecule has 1 atom stereocenters. The van der Waals surface area contributed by atoms with Gasteiger partial charge < -0.3 is 14.8 Å². The third kappa shape index (κ3) is 4.13. The van der Waals surface area contributed by atoms with Crippen molar-refractivity contribution in [3.8, 4) is 0 Å². The molecule has 0 aliphatic carbocycles. The van der Waals surface area contributed by atoms with Gasteiger partial charge in [0, 0.05) is 31.7 Å². The van der Waals surface area contributed by atoms with Crippen LogP contribution in [0.3, 0.4) is 0 Å². The number of hydrogen-bond acceptors (Lipinski definition) is 4. The van der Waals surface area contributed by atoms with Crippen molar-refractivity contribution < 1.29 is 4.79 Å². The van der Waals surface area contributed by atoms with E-state index in [1.165, 1.54) is 12.8 Å². The standard InChI is InChI=1S/C20H28N6O/c1-24-18(15-25-11-5-6-12-25)22-23-19(24)16-8-7-13-26(14-16)20(27)21-17-9-3-2-4-10-17/h2-4,9-10,16H,5-8,11-15H2,1H3,(H,21,27)/t16-/m0/s1. The molecule has 2 saturated heterocycles. The zero-order valence-corrected chi connectivity index (χ0v) is 16.0. The van der Waals surface area contributed by atoms with Gasteiger partial charge in [0.05, 0.1) is 6.54 Å². The smallest absolute Gasteiger partial charge is 0.321 e. The van der Waals surface area contributed by atoms with Crippen molar-refractivity contribution in [2.45, 2.75) is 38.1 Å². The van der Waals surface area contributed by atoms with E-state index in [1.54, 1.807) is 0 Å². The molecule has 7 heteroatoms. The number of benzene rings is 1. The highest BCUT2D eigenvalue weighted by Crippen LogP contribution is 2.26. The highest BCUT2D eigenvalue weighted by atomic mass is 16.2. The summed E-state index contributed by atoms with van der Waals surface area (Å²) >= 11 is 0. The second-order valence-corrected chi connectivity index (χ2v) is 7.60. The maximum atomic E-state index is 12.6. The molecule has 1 aromatic carbocycles. The number of carbonyl (C=O) groups is 1. The van der Waals surface area contributed by atoms with Gasteiger partial charge in [0.25, 0.3) is 0 Å². The van der Waals surface area contributed by atoms with Crippen LogP contribution in [-0.2, 0) is 13.6 Å². The van der Waals surface area contributed by atoms with Gasteiger partial charge in [-0.25, -0.2) is 4.79 Å². The summed E-state index contributed by atoms with van der Waals surface area (Å²) in [7, 11) is 2.06. The fourth-order valence-corrected chi connectivity index (χ4v) is 4.11. The zero-order valence-electron chi connectivity index (χ0n) is 16.0. The van der Waals surface area contributed by atoms with E-state index < -0.39 is 0 Å². The summed E-state index contributed by atoms with van der Waals surface area (Å²) in [5, 5.41) is 11.9.